The summed E-state index contributed by atoms with van der Waals surface area (Å²) in [5, 5.41) is 8.97. The zero-order valence-electron chi connectivity index (χ0n) is 14.5. The van der Waals surface area contributed by atoms with Crippen LogP contribution in [0, 0.1) is 6.92 Å². The average Bonchev–Trinajstić information content (AvgIpc) is 3.44. The summed E-state index contributed by atoms with van der Waals surface area (Å²) in [6, 6.07) is 11.7. The van der Waals surface area contributed by atoms with Crippen LogP contribution < -0.4 is 5.56 Å². The number of nitrogens with zero attached hydrogens (tertiary/aromatic N) is 1. The van der Waals surface area contributed by atoms with Crippen molar-refractivity contribution in [3.05, 3.63) is 58.0 Å². The molecule has 0 aliphatic heterocycles. The van der Waals surface area contributed by atoms with Gasteiger partial charge in [0.1, 0.15) is 5.56 Å². The number of benzene rings is 1. The molecule has 0 saturated heterocycles. The van der Waals surface area contributed by atoms with Crippen molar-refractivity contribution in [3.63, 3.8) is 0 Å². The molecule has 0 spiro atoms. The first-order valence-corrected chi connectivity index (χ1v) is 8.83. The number of aliphatic hydroxyl groups excluding tert-OH is 1. The molecule has 1 fully saturated rings. The van der Waals surface area contributed by atoms with E-state index in [9.17, 15) is 9.59 Å². The average molecular weight is 340 g/mol. The minimum atomic E-state index is -0.338. The summed E-state index contributed by atoms with van der Waals surface area (Å²) >= 11 is 0. The summed E-state index contributed by atoms with van der Waals surface area (Å²) in [5.74, 6) is -0.209. The second kappa shape index (κ2) is 7.66. The SMILES string of the molecule is Cc1[nH]c(=O)c(C(=O)N(CCCCO)C2CC2)cc1-c1ccccc1. The highest BCUT2D eigenvalue weighted by Gasteiger charge is 2.33. The third kappa shape index (κ3) is 3.99. The number of rotatable bonds is 7. The molecule has 1 heterocycles. The largest absolute Gasteiger partial charge is 0.396 e. The lowest BCUT2D eigenvalue weighted by Crippen LogP contribution is -2.37. The van der Waals surface area contributed by atoms with Gasteiger partial charge in [0.05, 0.1) is 0 Å². The molecule has 0 bridgehead atoms. The molecule has 1 aromatic heterocycles. The second-order valence-corrected chi connectivity index (χ2v) is 6.58. The van der Waals surface area contributed by atoms with Crippen LogP contribution >= 0.6 is 0 Å². The molecule has 1 amide bonds. The Morgan fingerprint density at radius 1 is 1.24 bits per heavy atom. The van der Waals surface area contributed by atoms with Gasteiger partial charge in [-0.05, 0) is 44.2 Å². The molecule has 3 rings (SSSR count). The number of hydrogen-bond acceptors (Lipinski definition) is 3. The monoisotopic (exact) mass is 340 g/mol. The van der Waals surface area contributed by atoms with Crippen molar-refractivity contribution in [1.29, 1.82) is 0 Å². The summed E-state index contributed by atoms with van der Waals surface area (Å²) in [7, 11) is 0. The van der Waals surface area contributed by atoms with E-state index in [2.05, 4.69) is 4.98 Å². The van der Waals surface area contributed by atoms with Crippen molar-refractivity contribution >= 4 is 5.91 Å². The lowest BCUT2D eigenvalue weighted by Gasteiger charge is -2.22. The Kier molecular flexibility index (Phi) is 5.34. The smallest absolute Gasteiger partial charge is 0.261 e. The number of aliphatic hydroxyl groups is 1. The third-order valence-electron chi connectivity index (χ3n) is 4.61. The highest BCUT2D eigenvalue weighted by atomic mass is 16.3. The number of nitrogens with one attached hydrogen (secondary N) is 1. The summed E-state index contributed by atoms with van der Waals surface area (Å²) in [6.07, 6.45) is 3.38. The van der Waals surface area contributed by atoms with Gasteiger partial charge in [0.25, 0.3) is 11.5 Å². The number of H-pyrrole nitrogens is 1. The molecule has 2 N–H and O–H groups in total. The fourth-order valence-corrected chi connectivity index (χ4v) is 3.08. The van der Waals surface area contributed by atoms with E-state index in [0.29, 0.717) is 13.0 Å². The lowest BCUT2D eigenvalue weighted by molar-refractivity contribution is 0.0735. The fourth-order valence-electron chi connectivity index (χ4n) is 3.08. The number of carbonyl (C=O) groups is 1. The molecule has 2 aromatic rings. The summed E-state index contributed by atoms with van der Waals surface area (Å²) in [4.78, 5) is 30.0. The van der Waals surface area contributed by atoms with E-state index in [0.717, 1.165) is 36.1 Å². The van der Waals surface area contributed by atoms with Gasteiger partial charge < -0.3 is 15.0 Å². The molecule has 0 atom stereocenters. The van der Waals surface area contributed by atoms with Crippen molar-refractivity contribution in [1.82, 2.24) is 9.88 Å². The van der Waals surface area contributed by atoms with Gasteiger partial charge in [0.15, 0.2) is 0 Å². The van der Waals surface area contributed by atoms with Crippen LogP contribution in [0.5, 0.6) is 0 Å². The van der Waals surface area contributed by atoms with E-state index >= 15 is 0 Å². The predicted molar refractivity (Wildman–Crippen MR) is 97.6 cm³/mol. The zero-order chi connectivity index (χ0) is 17.8. The van der Waals surface area contributed by atoms with E-state index in [-0.39, 0.29) is 29.7 Å². The molecule has 0 unspecified atom stereocenters. The van der Waals surface area contributed by atoms with Gasteiger partial charge in [-0.3, -0.25) is 9.59 Å². The number of amides is 1. The van der Waals surface area contributed by atoms with Crippen LogP contribution in [-0.2, 0) is 0 Å². The van der Waals surface area contributed by atoms with Gasteiger partial charge in [0.2, 0.25) is 0 Å². The maximum atomic E-state index is 13.0. The van der Waals surface area contributed by atoms with E-state index in [1.54, 1.807) is 11.0 Å². The first-order chi connectivity index (χ1) is 12.1. The molecule has 132 valence electrons. The first kappa shape index (κ1) is 17.4. The maximum Gasteiger partial charge on any atom is 0.261 e. The van der Waals surface area contributed by atoms with Crippen LogP contribution in [-0.4, -0.2) is 40.1 Å². The van der Waals surface area contributed by atoms with Crippen molar-refractivity contribution in [2.45, 2.75) is 38.6 Å². The molecule has 1 saturated carbocycles. The van der Waals surface area contributed by atoms with E-state index in [1.165, 1.54) is 0 Å². The van der Waals surface area contributed by atoms with Crippen molar-refractivity contribution < 1.29 is 9.90 Å². The number of pyridine rings is 1. The van der Waals surface area contributed by atoms with Gasteiger partial charge in [-0.25, -0.2) is 0 Å². The van der Waals surface area contributed by atoms with Gasteiger partial charge in [-0.2, -0.15) is 0 Å². The Labute approximate surface area is 147 Å². The summed E-state index contributed by atoms with van der Waals surface area (Å²) in [6.45, 7) is 2.55. The quantitative estimate of drug-likeness (QED) is 0.761. The van der Waals surface area contributed by atoms with Crippen LogP contribution in [0.2, 0.25) is 0 Å². The van der Waals surface area contributed by atoms with Crippen LogP contribution in [0.1, 0.15) is 41.7 Å². The highest BCUT2D eigenvalue weighted by Crippen LogP contribution is 2.29. The Bertz CT molecular complexity index is 794. The number of aromatic amines is 1. The van der Waals surface area contributed by atoms with E-state index in [1.807, 2.05) is 37.3 Å². The van der Waals surface area contributed by atoms with Gasteiger partial charge in [-0.15, -0.1) is 0 Å². The van der Waals surface area contributed by atoms with E-state index < -0.39 is 0 Å². The number of unbranched alkanes of at least 4 members (excludes halogenated alkanes) is 1. The fraction of sp³-hybridized carbons (Fsp3) is 0.400. The normalized spacial score (nSPS) is 13.7. The van der Waals surface area contributed by atoms with Crippen LogP contribution in [0.15, 0.2) is 41.2 Å². The zero-order valence-corrected chi connectivity index (χ0v) is 14.5. The Morgan fingerprint density at radius 2 is 1.96 bits per heavy atom. The molecule has 1 aliphatic rings. The molecule has 25 heavy (non-hydrogen) atoms. The second-order valence-electron chi connectivity index (χ2n) is 6.58. The molecule has 5 heteroatoms. The Hall–Kier alpha value is -2.40. The number of aromatic nitrogens is 1. The molecule has 1 aliphatic carbocycles. The molecular weight excluding hydrogens is 316 g/mol. The molecular formula is C20H24N2O3. The lowest BCUT2D eigenvalue weighted by atomic mass is 10.0. The van der Waals surface area contributed by atoms with Crippen LogP contribution in [0.25, 0.3) is 11.1 Å². The van der Waals surface area contributed by atoms with Gasteiger partial charge in [-0.1, -0.05) is 30.3 Å². The molecule has 1 aromatic carbocycles. The standard InChI is InChI=1S/C20H24N2O3/c1-14-17(15-7-3-2-4-8-15)13-18(19(24)21-14)20(25)22(16-9-10-16)11-5-6-12-23/h2-4,7-8,13,16,23H,5-6,9-12H2,1H3,(H,21,24). The number of aryl methyl sites for hydroxylation is 1. The number of hydrogen-bond donors (Lipinski definition) is 2. The Balaban J connectivity index is 1.92. The topological polar surface area (TPSA) is 73.4 Å². The van der Waals surface area contributed by atoms with Crippen molar-refractivity contribution in [3.8, 4) is 11.1 Å². The summed E-state index contributed by atoms with van der Waals surface area (Å²) in [5.41, 5.74) is 2.46. The van der Waals surface area contributed by atoms with Gasteiger partial charge >= 0.3 is 0 Å². The van der Waals surface area contributed by atoms with Crippen molar-refractivity contribution in [2.24, 2.45) is 0 Å². The highest BCUT2D eigenvalue weighted by molar-refractivity contribution is 5.95. The van der Waals surface area contributed by atoms with Crippen LogP contribution in [0.4, 0.5) is 0 Å². The van der Waals surface area contributed by atoms with E-state index in [4.69, 9.17) is 5.11 Å². The predicted octanol–water partition coefficient (Wildman–Crippen LogP) is 2.73. The molecule has 0 radical (unpaired) electrons. The minimum Gasteiger partial charge on any atom is -0.396 e. The number of carbonyl (C=O) groups excluding carboxylic acids is 1. The van der Waals surface area contributed by atoms with Crippen molar-refractivity contribution in [2.75, 3.05) is 13.2 Å². The molecule has 5 nitrogen and oxygen atoms in total. The van der Waals surface area contributed by atoms with Gasteiger partial charge in [0, 0.05) is 30.5 Å². The summed E-state index contributed by atoms with van der Waals surface area (Å²) < 4.78 is 0. The minimum absolute atomic E-state index is 0.121. The maximum absolute atomic E-state index is 13.0. The first-order valence-electron chi connectivity index (χ1n) is 8.83. The Morgan fingerprint density at radius 3 is 2.60 bits per heavy atom. The third-order valence-corrected chi connectivity index (χ3v) is 4.61. The van der Waals surface area contributed by atoms with Crippen LogP contribution in [0.3, 0.4) is 0 Å².